The highest BCUT2D eigenvalue weighted by Gasteiger charge is 2.10. The minimum absolute atomic E-state index is 0.142. The summed E-state index contributed by atoms with van der Waals surface area (Å²) in [6, 6.07) is 7.37. The Balaban J connectivity index is 2.05. The largest absolute Gasteiger partial charge is 0.242 e. The van der Waals surface area contributed by atoms with E-state index in [4.69, 9.17) is 0 Å². The summed E-state index contributed by atoms with van der Waals surface area (Å²) in [6.07, 6.45) is 2.13. The molecule has 1 aliphatic rings. The first-order chi connectivity index (χ1) is 6.74. The van der Waals surface area contributed by atoms with Gasteiger partial charge in [0.1, 0.15) is 0 Å². The normalized spacial score (nSPS) is 14.6. The first kappa shape index (κ1) is 9.38. The zero-order valence-corrected chi connectivity index (χ0v) is 7.84. The molecule has 0 radical (unpaired) electrons. The van der Waals surface area contributed by atoms with Gasteiger partial charge < -0.3 is 0 Å². The molecule has 2 heteroatoms. The first-order valence-electron chi connectivity index (χ1n) is 4.80. The average molecular weight is 194 g/mol. The Morgan fingerprint density at radius 2 is 1.79 bits per heavy atom. The molecule has 1 aromatic carbocycles. The van der Waals surface area contributed by atoms with Gasteiger partial charge in [-0.1, -0.05) is 35.9 Å². The van der Waals surface area contributed by atoms with Gasteiger partial charge in [0.25, 0.3) is 0 Å². The van der Waals surface area contributed by atoms with Crippen LogP contribution in [0.5, 0.6) is 0 Å². The Morgan fingerprint density at radius 1 is 1.14 bits per heavy atom. The number of hydrogen-bond acceptors (Lipinski definition) is 0. The molecule has 0 atom stereocenters. The molecule has 0 aromatic heterocycles. The highest BCUT2D eigenvalue weighted by Crippen LogP contribution is 2.30. The van der Waals surface area contributed by atoms with Gasteiger partial charge in [0.15, 0.2) is 0 Å². The second-order valence-corrected chi connectivity index (χ2v) is 3.64. The lowest BCUT2D eigenvalue weighted by Gasteiger charge is -2.00. The van der Waals surface area contributed by atoms with E-state index in [0.717, 1.165) is 5.56 Å². The molecule has 0 heterocycles. The number of hydrogen-bond donors (Lipinski definition) is 0. The number of halogens is 2. The van der Waals surface area contributed by atoms with Crippen LogP contribution in [0.1, 0.15) is 24.0 Å². The lowest BCUT2D eigenvalue weighted by molar-refractivity contribution is 0.149. The predicted octanol–water partition coefficient (Wildman–Crippen LogP) is 3.67. The van der Waals surface area contributed by atoms with E-state index in [1.54, 1.807) is 12.1 Å². The standard InChI is InChI=1S/C12H12F2/c13-12(14)8-11-5-3-10(4-6-11)7-9-1-2-9/h3-7,12H,1-2,8H2. The van der Waals surface area contributed by atoms with Crippen LogP contribution in [0.15, 0.2) is 29.8 Å². The van der Waals surface area contributed by atoms with E-state index < -0.39 is 6.43 Å². The lowest BCUT2D eigenvalue weighted by Crippen LogP contribution is -1.95. The zero-order chi connectivity index (χ0) is 9.97. The van der Waals surface area contributed by atoms with E-state index in [-0.39, 0.29) is 6.42 Å². The van der Waals surface area contributed by atoms with Gasteiger partial charge in [0, 0.05) is 6.42 Å². The molecule has 1 aromatic rings. The maximum Gasteiger partial charge on any atom is 0.242 e. The Labute approximate surface area is 82.3 Å². The maximum absolute atomic E-state index is 12.0. The van der Waals surface area contributed by atoms with E-state index in [1.807, 2.05) is 12.1 Å². The Kier molecular flexibility index (Phi) is 2.62. The minimum atomic E-state index is -2.25. The molecule has 1 aliphatic carbocycles. The van der Waals surface area contributed by atoms with Crippen molar-refractivity contribution >= 4 is 6.08 Å². The molecular weight excluding hydrogens is 182 g/mol. The van der Waals surface area contributed by atoms with Crippen molar-refractivity contribution in [3.8, 4) is 0 Å². The summed E-state index contributed by atoms with van der Waals surface area (Å²) in [4.78, 5) is 0. The van der Waals surface area contributed by atoms with Crippen LogP contribution < -0.4 is 0 Å². The van der Waals surface area contributed by atoms with Crippen LogP contribution in [0.25, 0.3) is 6.08 Å². The monoisotopic (exact) mass is 194 g/mol. The van der Waals surface area contributed by atoms with Gasteiger partial charge in [-0.25, -0.2) is 8.78 Å². The van der Waals surface area contributed by atoms with E-state index in [9.17, 15) is 8.78 Å². The van der Waals surface area contributed by atoms with Crippen molar-refractivity contribution in [3.05, 3.63) is 41.0 Å². The second-order valence-electron chi connectivity index (χ2n) is 3.64. The van der Waals surface area contributed by atoms with E-state index in [0.29, 0.717) is 5.56 Å². The number of allylic oxidation sites excluding steroid dienone is 1. The first-order valence-corrected chi connectivity index (χ1v) is 4.80. The molecular formula is C12H12F2. The Bertz CT molecular complexity index is 330. The average Bonchev–Trinajstić information content (AvgIpc) is 2.91. The molecule has 0 N–H and O–H groups in total. The van der Waals surface area contributed by atoms with Crippen LogP contribution in [-0.4, -0.2) is 6.43 Å². The fourth-order valence-electron chi connectivity index (χ4n) is 1.38. The quantitative estimate of drug-likeness (QED) is 0.688. The topological polar surface area (TPSA) is 0 Å². The molecule has 1 saturated carbocycles. The number of benzene rings is 1. The second kappa shape index (κ2) is 3.91. The summed E-state index contributed by atoms with van der Waals surface area (Å²) < 4.78 is 24.1. The van der Waals surface area contributed by atoms with Crippen LogP contribution in [0.3, 0.4) is 0 Å². The van der Waals surface area contributed by atoms with Gasteiger partial charge >= 0.3 is 0 Å². The third-order valence-electron chi connectivity index (χ3n) is 2.28. The molecule has 0 bridgehead atoms. The molecule has 74 valence electrons. The third-order valence-corrected chi connectivity index (χ3v) is 2.28. The van der Waals surface area contributed by atoms with Gasteiger partial charge in [-0.15, -0.1) is 0 Å². The van der Waals surface area contributed by atoms with Crippen LogP contribution in [-0.2, 0) is 6.42 Å². The molecule has 0 unspecified atom stereocenters. The molecule has 0 nitrogen and oxygen atoms in total. The Morgan fingerprint density at radius 3 is 2.29 bits per heavy atom. The SMILES string of the molecule is FC(F)Cc1ccc(C=C2CC2)cc1. The molecule has 1 fully saturated rings. The van der Waals surface area contributed by atoms with Crippen LogP contribution >= 0.6 is 0 Å². The Hall–Kier alpha value is -1.18. The van der Waals surface area contributed by atoms with Crippen LogP contribution in [0.4, 0.5) is 8.78 Å². The summed E-state index contributed by atoms with van der Waals surface area (Å²) in [6.45, 7) is 0. The summed E-state index contributed by atoms with van der Waals surface area (Å²) in [5.74, 6) is 0. The van der Waals surface area contributed by atoms with E-state index in [2.05, 4.69) is 6.08 Å². The van der Waals surface area contributed by atoms with Crippen molar-refractivity contribution in [2.75, 3.05) is 0 Å². The van der Waals surface area contributed by atoms with Gasteiger partial charge in [0.05, 0.1) is 0 Å². The smallest absolute Gasteiger partial charge is 0.210 e. The molecule has 0 saturated heterocycles. The molecule has 2 rings (SSSR count). The fourth-order valence-corrected chi connectivity index (χ4v) is 1.38. The van der Waals surface area contributed by atoms with Gasteiger partial charge in [-0.3, -0.25) is 0 Å². The minimum Gasteiger partial charge on any atom is -0.210 e. The van der Waals surface area contributed by atoms with Crippen molar-refractivity contribution < 1.29 is 8.78 Å². The summed E-state index contributed by atoms with van der Waals surface area (Å²) in [5.41, 5.74) is 3.28. The van der Waals surface area contributed by atoms with Crippen molar-refractivity contribution in [2.45, 2.75) is 25.7 Å². The van der Waals surface area contributed by atoms with Crippen molar-refractivity contribution in [1.82, 2.24) is 0 Å². The third kappa shape index (κ3) is 2.66. The van der Waals surface area contributed by atoms with Gasteiger partial charge in [0.2, 0.25) is 6.43 Å². The van der Waals surface area contributed by atoms with E-state index in [1.165, 1.54) is 18.4 Å². The van der Waals surface area contributed by atoms with Crippen molar-refractivity contribution in [2.24, 2.45) is 0 Å². The lowest BCUT2D eigenvalue weighted by atomic mass is 10.1. The van der Waals surface area contributed by atoms with Crippen molar-refractivity contribution in [1.29, 1.82) is 0 Å². The number of alkyl halides is 2. The highest BCUT2D eigenvalue weighted by molar-refractivity contribution is 5.56. The van der Waals surface area contributed by atoms with E-state index >= 15 is 0 Å². The van der Waals surface area contributed by atoms with Crippen molar-refractivity contribution in [3.63, 3.8) is 0 Å². The van der Waals surface area contributed by atoms with Gasteiger partial charge in [-0.05, 0) is 24.0 Å². The molecule has 14 heavy (non-hydrogen) atoms. The summed E-state index contributed by atoms with van der Waals surface area (Å²) in [7, 11) is 0. The summed E-state index contributed by atoms with van der Waals surface area (Å²) in [5, 5.41) is 0. The molecule has 0 amide bonds. The fraction of sp³-hybridized carbons (Fsp3) is 0.333. The van der Waals surface area contributed by atoms with Crippen LogP contribution in [0, 0.1) is 0 Å². The van der Waals surface area contributed by atoms with Gasteiger partial charge in [-0.2, -0.15) is 0 Å². The highest BCUT2D eigenvalue weighted by atomic mass is 19.3. The molecule has 0 spiro atoms. The predicted molar refractivity (Wildman–Crippen MR) is 53.4 cm³/mol. The summed E-state index contributed by atoms with van der Waals surface area (Å²) >= 11 is 0. The number of rotatable bonds is 3. The maximum atomic E-state index is 12.0. The zero-order valence-electron chi connectivity index (χ0n) is 7.84. The molecule has 0 aliphatic heterocycles. The van der Waals surface area contributed by atoms with Crippen LogP contribution in [0.2, 0.25) is 0 Å².